The van der Waals surface area contributed by atoms with E-state index in [0.29, 0.717) is 17.7 Å². The van der Waals surface area contributed by atoms with Crippen LogP contribution < -0.4 is 9.04 Å². The summed E-state index contributed by atoms with van der Waals surface area (Å²) in [7, 11) is -2.65. The van der Waals surface area contributed by atoms with E-state index < -0.39 is 16.6 Å². The molecule has 0 saturated heterocycles. The number of hydrogen-bond acceptors (Lipinski definition) is 3. The van der Waals surface area contributed by atoms with Gasteiger partial charge in [0.1, 0.15) is 5.75 Å². The molecular weight excluding hydrogens is 288 g/mol. The summed E-state index contributed by atoms with van der Waals surface area (Å²) in [6.45, 7) is 0.704. The summed E-state index contributed by atoms with van der Waals surface area (Å²) in [6.07, 6.45) is 1.20. The number of alkyl halides is 2. The second kappa shape index (κ2) is 6.39. The van der Waals surface area contributed by atoms with Crippen molar-refractivity contribution in [3.8, 4) is 5.75 Å². The maximum atomic E-state index is 13.1. The van der Waals surface area contributed by atoms with Crippen molar-refractivity contribution in [1.29, 1.82) is 0 Å². The van der Waals surface area contributed by atoms with Crippen LogP contribution in [0.3, 0.4) is 0 Å². The van der Waals surface area contributed by atoms with Crippen LogP contribution in [-0.4, -0.2) is 28.3 Å². The topological polar surface area (TPSA) is 46.6 Å². The van der Waals surface area contributed by atoms with Gasteiger partial charge in [0.25, 0.3) is 0 Å². The zero-order chi connectivity index (χ0) is 15.5. The predicted octanol–water partition coefficient (Wildman–Crippen LogP) is 2.88. The lowest BCUT2D eigenvalue weighted by Crippen LogP contribution is -2.35. The van der Waals surface area contributed by atoms with Gasteiger partial charge in [0.2, 0.25) is 10.0 Å². The molecule has 4 nitrogen and oxygen atoms in total. The van der Waals surface area contributed by atoms with E-state index >= 15 is 0 Å². The fraction of sp³-hybridized carbons (Fsp3) is 0.538. The van der Waals surface area contributed by atoms with E-state index in [1.807, 2.05) is 13.8 Å². The molecule has 0 aliphatic carbocycles. The van der Waals surface area contributed by atoms with Gasteiger partial charge in [-0.05, 0) is 24.5 Å². The van der Waals surface area contributed by atoms with Gasteiger partial charge in [0, 0.05) is 5.56 Å². The largest absolute Gasteiger partial charge is 0.496 e. The minimum atomic E-state index is -4.07. The Balaban J connectivity index is 3.49. The Labute approximate surface area is 118 Å². The number of hydrogen-bond donors (Lipinski definition) is 0. The predicted molar refractivity (Wildman–Crippen MR) is 74.9 cm³/mol. The second-order valence-electron chi connectivity index (χ2n) is 4.89. The van der Waals surface area contributed by atoms with Crippen LogP contribution in [0.5, 0.6) is 5.75 Å². The molecule has 0 aliphatic rings. The molecular formula is C13H19F2NO3S. The zero-order valence-corrected chi connectivity index (χ0v) is 12.7. The van der Waals surface area contributed by atoms with Crippen molar-refractivity contribution in [2.45, 2.75) is 26.8 Å². The number of methoxy groups -OCH3 is 1. The third kappa shape index (κ3) is 3.82. The monoisotopic (exact) mass is 307 g/mol. The quantitative estimate of drug-likeness (QED) is 0.759. The molecule has 1 rings (SSSR count). The minimum absolute atomic E-state index is 0.0319. The van der Waals surface area contributed by atoms with Crippen molar-refractivity contribution in [2.75, 3.05) is 17.7 Å². The van der Waals surface area contributed by atoms with E-state index in [1.165, 1.54) is 19.2 Å². The first-order chi connectivity index (χ1) is 9.18. The summed E-state index contributed by atoms with van der Waals surface area (Å²) in [6, 6.07) is 4.50. The standard InChI is InChI=1S/C13H19F2NO3S/c1-9(2)8-10-11(6-5-7-12(10)19-3)16(13(14)15)20(4,17)18/h5-7,9,13H,8H2,1-4H3. The summed E-state index contributed by atoms with van der Waals surface area (Å²) in [5, 5.41) is 0. The molecule has 0 unspecified atom stereocenters. The van der Waals surface area contributed by atoms with E-state index in [0.717, 1.165) is 6.26 Å². The lowest BCUT2D eigenvalue weighted by atomic mass is 10.00. The van der Waals surface area contributed by atoms with E-state index in [1.54, 1.807) is 6.07 Å². The van der Waals surface area contributed by atoms with Crippen LogP contribution in [-0.2, 0) is 16.4 Å². The molecule has 0 radical (unpaired) electrons. The Morgan fingerprint density at radius 1 is 1.30 bits per heavy atom. The van der Waals surface area contributed by atoms with Crippen molar-refractivity contribution in [2.24, 2.45) is 5.92 Å². The summed E-state index contributed by atoms with van der Waals surface area (Å²) in [4.78, 5) is 0. The highest BCUT2D eigenvalue weighted by Crippen LogP contribution is 2.34. The smallest absolute Gasteiger partial charge is 0.327 e. The van der Waals surface area contributed by atoms with Gasteiger partial charge >= 0.3 is 6.55 Å². The fourth-order valence-electron chi connectivity index (χ4n) is 1.99. The van der Waals surface area contributed by atoms with Crippen LogP contribution in [0.25, 0.3) is 0 Å². The summed E-state index contributed by atoms with van der Waals surface area (Å²) < 4.78 is 54.8. The molecule has 20 heavy (non-hydrogen) atoms. The number of ether oxygens (including phenoxy) is 1. The number of halogens is 2. The van der Waals surface area contributed by atoms with Crippen LogP contribution in [0.4, 0.5) is 14.5 Å². The molecule has 0 saturated carbocycles. The molecule has 1 aromatic rings. The normalized spacial score (nSPS) is 12.0. The number of benzene rings is 1. The average Bonchev–Trinajstić information content (AvgIpc) is 2.28. The first kappa shape index (κ1) is 16.7. The van der Waals surface area contributed by atoms with Crippen LogP contribution in [0.1, 0.15) is 19.4 Å². The van der Waals surface area contributed by atoms with Crippen LogP contribution in [0.15, 0.2) is 18.2 Å². The highest BCUT2D eigenvalue weighted by molar-refractivity contribution is 7.92. The van der Waals surface area contributed by atoms with Gasteiger partial charge < -0.3 is 4.74 Å². The van der Waals surface area contributed by atoms with E-state index in [-0.39, 0.29) is 15.9 Å². The Kier molecular flexibility index (Phi) is 5.33. The molecule has 0 amide bonds. The van der Waals surface area contributed by atoms with Gasteiger partial charge in [-0.3, -0.25) is 0 Å². The number of sulfonamides is 1. The molecule has 0 aromatic heterocycles. The minimum Gasteiger partial charge on any atom is -0.496 e. The van der Waals surface area contributed by atoms with Crippen LogP contribution in [0.2, 0.25) is 0 Å². The highest BCUT2D eigenvalue weighted by Gasteiger charge is 2.29. The molecule has 0 atom stereocenters. The maximum Gasteiger partial charge on any atom is 0.327 e. The lowest BCUT2D eigenvalue weighted by Gasteiger charge is -2.25. The third-order valence-electron chi connectivity index (χ3n) is 2.71. The van der Waals surface area contributed by atoms with Crippen molar-refractivity contribution < 1.29 is 21.9 Å². The highest BCUT2D eigenvalue weighted by atomic mass is 32.2. The van der Waals surface area contributed by atoms with Crippen LogP contribution >= 0.6 is 0 Å². The number of rotatable bonds is 6. The molecule has 7 heteroatoms. The first-order valence-corrected chi connectivity index (χ1v) is 7.96. The van der Waals surface area contributed by atoms with Crippen LogP contribution in [0, 0.1) is 5.92 Å². The van der Waals surface area contributed by atoms with E-state index in [9.17, 15) is 17.2 Å². The summed E-state index contributed by atoms with van der Waals surface area (Å²) >= 11 is 0. The Morgan fingerprint density at radius 3 is 2.30 bits per heavy atom. The van der Waals surface area contributed by atoms with Gasteiger partial charge in [0.05, 0.1) is 19.1 Å². The lowest BCUT2D eigenvalue weighted by molar-refractivity contribution is 0.162. The van der Waals surface area contributed by atoms with E-state index in [4.69, 9.17) is 4.74 Å². The maximum absolute atomic E-state index is 13.1. The van der Waals surface area contributed by atoms with Gasteiger partial charge in [-0.2, -0.15) is 8.78 Å². The molecule has 0 spiro atoms. The van der Waals surface area contributed by atoms with Gasteiger partial charge in [0.15, 0.2) is 0 Å². The van der Waals surface area contributed by atoms with Gasteiger partial charge in [-0.1, -0.05) is 19.9 Å². The third-order valence-corrected chi connectivity index (χ3v) is 3.78. The molecule has 0 aliphatic heterocycles. The van der Waals surface area contributed by atoms with Gasteiger partial charge in [-0.25, -0.2) is 12.7 Å². The SMILES string of the molecule is COc1cccc(N(C(F)F)S(C)(=O)=O)c1CC(C)C. The fourth-order valence-corrected chi connectivity index (χ4v) is 2.81. The molecule has 1 aromatic carbocycles. The number of anilines is 1. The summed E-state index contributed by atoms with van der Waals surface area (Å²) in [5.41, 5.74) is 0.436. The second-order valence-corrected chi connectivity index (χ2v) is 6.75. The summed E-state index contributed by atoms with van der Waals surface area (Å²) in [5.74, 6) is 0.578. The Bertz CT molecular complexity index is 559. The number of nitrogens with zero attached hydrogens (tertiary/aromatic N) is 1. The molecule has 0 fully saturated rings. The van der Waals surface area contributed by atoms with Crippen molar-refractivity contribution in [3.63, 3.8) is 0 Å². The molecule has 0 N–H and O–H groups in total. The molecule has 0 heterocycles. The van der Waals surface area contributed by atoms with Gasteiger partial charge in [-0.15, -0.1) is 0 Å². The Hall–Kier alpha value is -1.37. The van der Waals surface area contributed by atoms with E-state index in [2.05, 4.69) is 0 Å². The zero-order valence-electron chi connectivity index (χ0n) is 11.9. The molecule has 114 valence electrons. The van der Waals surface area contributed by atoms with Crippen molar-refractivity contribution in [1.82, 2.24) is 0 Å². The first-order valence-electron chi connectivity index (χ1n) is 6.12. The van der Waals surface area contributed by atoms with Crippen molar-refractivity contribution in [3.05, 3.63) is 23.8 Å². The average molecular weight is 307 g/mol. The Morgan fingerprint density at radius 2 is 1.90 bits per heavy atom. The van der Waals surface area contributed by atoms with Crippen molar-refractivity contribution >= 4 is 15.7 Å². The molecule has 0 bridgehead atoms.